The summed E-state index contributed by atoms with van der Waals surface area (Å²) in [6, 6.07) is 7.74. The zero-order valence-corrected chi connectivity index (χ0v) is 9.34. The molecule has 1 aliphatic carbocycles. The van der Waals surface area contributed by atoms with Gasteiger partial charge in [-0.3, -0.25) is 0 Å². The van der Waals surface area contributed by atoms with Gasteiger partial charge in [0.05, 0.1) is 0 Å². The van der Waals surface area contributed by atoms with Crippen molar-refractivity contribution in [1.29, 1.82) is 0 Å². The minimum absolute atomic E-state index is 0.0991. The van der Waals surface area contributed by atoms with Crippen LogP contribution in [0.25, 0.3) is 0 Å². The predicted octanol–water partition coefficient (Wildman–Crippen LogP) is 2.12. The van der Waals surface area contributed by atoms with Crippen molar-refractivity contribution < 1.29 is 14.9 Å². The summed E-state index contributed by atoms with van der Waals surface area (Å²) >= 11 is 0. The third kappa shape index (κ3) is 1.46. The van der Waals surface area contributed by atoms with Crippen LogP contribution in [-0.4, -0.2) is 21.9 Å². The topological polar surface area (TPSA) is 49.7 Å². The van der Waals surface area contributed by atoms with Crippen LogP contribution in [0, 0.1) is 0 Å². The number of hydrogen-bond acceptors (Lipinski definition) is 3. The Balaban J connectivity index is 2.03. The number of hydrogen-bond donors (Lipinski definition) is 2. The molecule has 0 radical (unpaired) electrons. The fourth-order valence-electron chi connectivity index (χ4n) is 2.47. The number of aryl methyl sites for hydroxylation is 1. The van der Waals surface area contributed by atoms with Crippen LogP contribution in [0.15, 0.2) is 48.3 Å². The Morgan fingerprint density at radius 2 is 2.12 bits per heavy atom. The highest BCUT2D eigenvalue weighted by atomic mass is 16.5. The second kappa shape index (κ2) is 3.64. The van der Waals surface area contributed by atoms with E-state index in [9.17, 15) is 10.2 Å². The molecule has 88 valence electrons. The summed E-state index contributed by atoms with van der Waals surface area (Å²) in [5, 5.41) is 20.1. The van der Waals surface area contributed by atoms with Gasteiger partial charge in [0.2, 0.25) is 0 Å². The van der Waals surface area contributed by atoms with Crippen molar-refractivity contribution in [3.8, 4) is 5.75 Å². The maximum Gasteiger partial charge on any atom is 0.195 e. The van der Waals surface area contributed by atoms with E-state index in [0.29, 0.717) is 6.42 Å². The summed E-state index contributed by atoms with van der Waals surface area (Å²) in [7, 11) is 0. The summed E-state index contributed by atoms with van der Waals surface area (Å²) in [6.07, 6.45) is 5.45. The quantitative estimate of drug-likeness (QED) is 0.717. The van der Waals surface area contributed by atoms with Crippen LogP contribution >= 0.6 is 0 Å². The monoisotopic (exact) mass is 230 g/mol. The SMILES string of the molecule is OC1=CC=CC(O)C12CCc1ccccc1O2. The first-order valence-corrected chi connectivity index (χ1v) is 5.75. The van der Waals surface area contributed by atoms with Crippen molar-refractivity contribution in [3.05, 3.63) is 53.8 Å². The van der Waals surface area contributed by atoms with Crippen LogP contribution in [0.2, 0.25) is 0 Å². The summed E-state index contributed by atoms with van der Waals surface area (Å²) in [5.74, 6) is 0.843. The first-order valence-electron chi connectivity index (χ1n) is 5.75. The molecule has 3 nitrogen and oxygen atoms in total. The molecule has 0 amide bonds. The van der Waals surface area contributed by atoms with Gasteiger partial charge in [-0.2, -0.15) is 0 Å². The summed E-state index contributed by atoms with van der Waals surface area (Å²) in [6.45, 7) is 0. The van der Waals surface area contributed by atoms with Gasteiger partial charge in [-0.15, -0.1) is 0 Å². The van der Waals surface area contributed by atoms with Crippen LogP contribution in [0.3, 0.4) is 0 Å². The second-order valence-electron chi connectivity index (χ2n) is 4.48. The van der Waals surface area contributed by atoms with E-state index in [1.165, 1.54) is 0 Å². The molecule has 3 rings (SSSR count). The van der Waals surface area contributed by atoms with Gasteiger partial charge < -0.3 is 14.9 Å². The molecule has 1 heterocycles. The van der Waals surface area contributed by atoms with Gasteiger partial charge in [0, 0.05) is 6.42 Å². The molecule has 0 saturated carbocycles. The van der Waals surface area contributed by atoms with Crippen molar-refractivity contribution in [3.63, 3.8) is 0 Å². The lowest BCUT2D eigenvalue weighted by atomic mass is 9.82. The highest BCUT2D eigenvalue weighted by Gasteiger charge is 2.46. The highest BCUT2D eigenvalue weighted by molar-refractivity contribution is 5.40. The Kier molecular flexibility index (Phi) is 2.23. The molecule has 0 fully saturated rings. The number of benzene rings is 1. The van der Waals surface area contributed by atoms with E-state index >= 15 is 0 Å². The highest BCUT2D eigenvalue weighted by Crippen LogP contribution is 2.40. The second-order valence-corrected chi connectivity index (χ2v) is 4.48. The first kappa shape index (κ1) is 10.4. The molecular weight excluding hydrogens is 216 g/mol. The molecule has 0 aromatic heterocycles. The third-order valence-electron chi connectivity index (χ3n) is 3.49. The number of aliphatic hydroxyl groups is 2. The Morgan fingerprint density at radius 1 is 1.29 bits per heavy atom. The lowest BCUT2D eigenvalue weighted by Gasteiger charge is -2.41. The van der Waals surface area contributed by atoms with Gasteiger partial charge >= 0.3 is 0 Å². The lowest BCUT2D eigenvalue weighted by molar-refractivity contribution is -0.0447. The molecule has 2 unspecified atom stereocenters. The van der Waals surface area contributed by atoms with E-state index in [4.69, 9.17) is 4.74 Å². The Bertz CT molecular complexity index is 504. The van der Waals surface area contributed by atoms with Crippen molar-refractivity contribution in [2.24, 2.45) is 0 Å². The van der Waals surface area contributed by atoms with Crippen LogP contribution in [0.4, 0.5) is 0 Å². The molecule has 0 bridgehead atoms. The maximum absolute atomic E-state index is 10.1. The average Bonchev–Trinajstić information content (AvgIpc) is 2.36. The van der Waals surface area contributed by atoms with Crippen molar-refractivity contribution in [2.75, 3.05) is 0 Å². The standard InChI is InChI=1S/C14H14O3/c15-12-6-3-7-13(16)14(12)9-8-10-4-1-2-5-11(10)17-14/h1-7,12,15-16H,8-9H2. The molecular formula is C14H14O3. The van der Waals surface area contributed by atoms with E-state index < -0.39 is 11.7 Å². The number of ether oxygens (including phenoxy) is 1. The fourth-order valence-corrected chi connectivity index (χ4v) is 2.47. The Hall–Kier alpha value is -1.74. The molecule has 1 aliphatic heterocycles. The Morgan fingerprint density at radius 3 is 2.94 bits per heavy atom. The molecule has 2 N–H and O–H groups in total. The smallest absolute Gasteiger partial charge is 0.195 e. The molecule has 3 heteroatoms. The minimum atomic E-state index is -0.997. The predicted molar refractivity (Wildman–Crippen MR) is 64.0 cm³/mol. The zero-order valence-electron chi connectivity index (χ0n) is 9.34. The normalized spacial score (nSPS) is 30.6. The molecule has 1 aromatic carbocycles. The first-order chi connectivity index (χ1) is 8.22. The zero-order chi connectivity index (χ0) is 11.9. The number of para-hydroxylation sites is 1. The summed E-state index contributed by atoms with van der Waals surface area (Å²) < 4.78 is 5.87. The maximum atomic E-state index is 10.1. The summed E-state index contributed by atoms with van der Waals surface area (Å²) in [5.41, 5.74) is 0.121. The molecule has 0 saturated heterocycles. The van der Waals surface area contributed by atoms with Crippen LogP contribution < -0.4 is 4.74 Å². The van der Waals surface area contributed by atoms with Gasteiger partial charge in [0.25, 0.3) is 0 Å². The van der Waals surface area contributed by atoms with E-state index in [2.05, 4.69) is 0 Å². The van der Waals surface area contributed by atoms with Crippen molar-refractivity contribution in [1.82, 2.24) is 0 Å². The van der Waals surface area contributed by atoms with Gasteiger partial charge in [-0.05, 0) is 24.1 Å². The third-order valence-corrected chi connectivity index (χ3v) is 3.49. The van der Waals surface area contributed by atoms with E-state index in [1.807, 2.05) is 24.3 Å². The molecule has 2 atom stereocenters. The number of fused-ring (bicyclic) bond motifs is 1. The van der Waals surface area contributed by atoms with Crippen LogP contribution in [0.1, 0.15) is 12.0 Å². The number of allylic oxidation sites excluding steroid dienone is 2. The van der Waals surface area contributed by atoms with E-state index in [-0.39, 0.29) is 5.76 Å². The van der Waals surface area contributed by atoms with E-state index in [0.717, 1.165) is 17.7 Å². The van der Waals surface area contributed by atoms with Gasteiger partial charge in [-0.1, -0.05) is 30.4 Å². The number of aliphatic hydroxyl groups excluding tert-OH is 2. The summed E-state index contributed by atoms with van der Waals surface area (Å²) in [4.78, 5) is 0. The average molecular weight is 230 g/mol. The fraction of sp³-hybridized carbons (Fsp3) is 0.286. The van der Waals surface area contributed by atoms with Crippen molar-refractivity contribution in [2.45, 2.75) is 24.5 Å². The lowest BCUT2D eigenvalue weighted by Crippen LogP contribution is -2.51. The van der Waals surface area contributed by atoms with Crippen molar-refractivity contribution >= 4 is 0 Å². The van der Waals surface area contributed by atoms with Gasteiger partial charge in [0.15, 0.2) is 5.60 Å². The molecule has 1 spiro atoms. The van der Waals surface area contributed by atoms with Gasteiger partial charge in [0.1, 0.15) is 17.6 Å². The Labute approximate surface area is 99.7 Å². The van der Waals surface area contributed by atoms with E-state index in [1.54, 1.807) is 18.2 Å². The van der Waals surface area contributed by atoms with Crippen LogP contribution in [-0.2, 0) is 6.42 Å². The molecule has 1 aromatic rings. The van der Waals surface area contributed by atoms with Gasteiger partial charge in [-0.25, -0.2) is 0 Å². The number of rotatable bonds is 0. The largest absolute Gasteiger partial charge is 0.508 e. The molecule has 17 heavy (non-hydrogen) atoms. The minimum Gasteiger partial charge on any atom is -0.508 e. The van der Waals surface area contributed by atoms with Crippen LogP contribution in [0.5, 0.6) is 5.75 Å². The molecule has 2 aliphatic rings.